The normalized spacial score (nSPS) is 19.3. The molecule has 1 amide bonds. The molecule has 0 aromatic carbocycles. The van der Waals surface area contributed by atoms with Gasteiger partial charge in [0.2, 0.25) is 5.91 Å². The summed E-state index contributed by atoms with van der Waals surface area (Å²) in [6.07, 6.45) is 3.15. The fourth-order valence-corrected chi connectivity index (χ4v) is 3.70. The van der Waals surface area contributed by atoms with E-state index in [2.05, 4.69) is 17.5 Å². The number of hydrogen-bond donors (Lipinski definition) is 0. The lowest BCUT2D eigenvalue weighted by Crippen LogP contribution is -2.38. The van der Waals surface area contributed by atoms with Crippen LogP contribution in [0.4, 0.5) is 0 Å². The summed E-state index contributed by atoms with van der Waals surface area (Å²) in [5.41, 5.74) is 1.23. The third kappa shape index (κ3) is 2.98. The molecule has 2 unspecified atom stereocenters. The number of carbonyl (C=O) groups excluding carboxylic acids is 1. The fourth-order valence-electron chi connectivity index (χ4n) is 2.71. The molecule has 0 fully saturated rings. The van der Waals surface area contributed by atoms with Gasteiger partial charge in [0, 0.05) is 18.0 Å². The Labute approximate surface area is 118 Å². The van der Waals surface area contributed by atoms with Gasteiger partial charge in [-0.15, -0.1) is 11.3 Å². The zero-order valence-corrected chi connectivity index (χ0v) is 12.4. The molecule has 2 atom stereocenters. The van der Waals surface area contributed by atoms with E-state index in [9.17, 15) is 4.79 Å². The van der Waals surface area contributed by atoms with E-state index in [0.29, 0.717) is 13.1 Å². The molecule has 3 nitrogen and oxygen atoms in total. The van der Waals surface area contributed by atoms with Gasteiger partial charge < -0.3 is 4.90 Å². The van der Waals surface area contributed by atoms with Crippen molar-refractivity contribution in [1.82, 2.24) is 4.90 Å². The summed E-state index contributed by atoms with van der Waals surface area (Å²) in [5.74, 6) is 0.110. The number of carbonyl (C=O) groups is 1. The van der Waals surface area contributed by atoms with E-state index in [-0.39, 0.29) is 17.7 Å². The highest BCUT2D eigenvalue weighted by atomic mass is 32.1. The van der Waals surface area contributed by atoms with Gasteiger partial charge in [0.1, 0.15) is 0 Å². The van der Waals surface area contributed by atoms with E-state index in [0.717, 1.165) is 19.3 Å². The molecule has 0 bridgehead atoms. The molecule has 1 aliphatic rings. The number of thiophene rings is 1. The van der Waals surface area contributed by atoms with E-state index in [1.807, 2.05) is 18.7 Å². The van der Waals surface area contributed by atoms with Crippen LogP contribution >= 0.6 is 11.3 Å². The molecule has 1 aromatic heterocycles. The molecule has 4 heteroatoms. The minimum Gasteiger partial charge on any atom is -0.341 e. The molecule has 0 saturated carbocycles. The molecule has 0 radical (unpaired) electrons. The second-order valence-corrected chi connectivity index (χ2v) is 6.15. The highest BCUT2D eigenvalue weighted by molar-refractivity contribution is 7.10. The van der Waals surface area contributed by atoms with Crippen molar-refractivity contribution >= 4 is 17.2 Å². The molecule has 1 heterocycles. The minimum absolute atomic E-state index is 0.0147. The van der Waals surface area contributed by atoms with Gasteiger partial charge in [0.15, 0.2) is 0 Å². The summed E-state index contributed by atoms with van der Waals surface area (Å²) in [6, 6.07) is 4.31. The number of nitrogens with zero attached hydrogens (tertiary/aromatic N) is 2. The third-order valence-electron chi connectivity index (χ3n) is 3.76. The van der Waals surface area contributed by atoms with Crippen molar-refractivity contribution < 1.29 is 4.79 Å². The summed E-state index contributed by atoms with van der Waals surface area (Å²) < 4.78 is 0. The van der Waals surface area contributed by atoms with Crippen LogP contribution < -0.4 is 0 Å². The van der Waals surface area contributed by atoms with Crippen LogP contribution in [0.3, 0.4) is 0 Å². The zero-order valence-electron chi connectivity index (χ0n) is 11.6. The van der Waals surface area contributed by atoms with Gasteiger partial charge in [-0.1, -0.05) is 0 Å². The Bertz CT molecular complexity index is 489. The molecule has 1 aliphatic carbocycles. The van der Waals surface area contributed by atoms with Crippen LogP contribution in [0.5, 0.6) is 0 Å². The van der Waals surface area contributed by atoms with Crippen molar-refractivity contribution in [1.29, 1.82) is 5.26 Å². The molecule has 2 rings (SSSR count). The summed E-state index contributed by atoms with van der Waals surface area (Å²) in [4.78, 5) is 15.9. The van der Waals surface area contributed by atoms with Gasteiger partial charge in [-0.05, 0) is 50.1 Å². The predicted octanol–water partition coefficient (Wildman–Crippen LogP) is 3.18. The van der Waals surface area contributed by atoms with Crippen LogP contribution in [-0.4, -0.2) is 23.9 Å². The van der Waals surface area contributed by atoms with Gasteiger partial charge in [-0.2, -0.15) is 5.26 Å². The molecule has 19 heavy (non-hydrogen) atoms. The van der Waals surface area contributed by atoms with Crippen molar-refractivity contribution in [3.8, 4) is 6.07 Å². The van der Waals surface area contributed by atoms with Crippen LogP contribution in [0.1, 0.15) is 43.0 Å². The maximum atomic E-state index is 12.7. The van der Waals surface area contributed by atoms with E-state index >= 15 is 0 Å². The molecule has 0 aliphatic heterocycles. The number of likely N-dealkylation sites (N-methyl/N-ethyl adjacent to an activating group) is 1. The quantitative estimate of drug-likeness (QED) is 0.847. The number of fused-ring (bicyclic) bond motifs is 1. The van der Waals surface area contributed by atoms with Gasteiger partial charge in [0.25, 0.3) is 0 Å². The summed E-state index contributed by atoms with van der Waals surface area (Å²) >= 11 is 1.76. The van der Waals surface area contributed by atoms with Crippen LogP contribution in [0.2, 0.25) is 0 Å². The summed E-state index contributed by atoms with van der Waals surface area (Å²) in [7, 11) is 0. The minimum atomic E-state index is -0.102. The SMILES string of the molecule is CCN(CC(C)C#N)C(=O)C1CCCc2sccc21. The second-order valence-electron chi connectivity index (χ2n) is 5.15. The third-order valence-corrected chi connectivity index (χ3v) is 4.75. The molecular formula is C15H20N2OS. The first kappa shape index (κ1) is 14.1. The van der Waals surface area contributed by atoms with Crippen LogP contribution in [0.15, 0.2) is 11.4 Å². The molecule has 0 saturated heterocycles. The summed E-state index contributed by atoms with van der Waals surface area (Å²) in [6.45, 7) is 5.08. The Morgan fingerprint density at radius 3 is 3.16 bits per heavy atom. The highest BCUT2D eigenvalue weighted by Gasteiger charge is 2.30. The molecule has 0 spiro atoms. The van der Waals surface area contributed by atoms with E-state index in [4.69, 9.17) is 5.26 Å². The zero-order chi connectivity index (χ0) is 13.8. The Balaban J connectivity index is 2.14. The topological polar surface area (TPSA) is 44.1 Å². The van der Waals surface area contributed by atoms with Gasteiger partial charge in [-0.25, -0.2) is 0 Å². The van der Waals surface area contributed by atoms with E-state index in [1.54, 1.807) is 11.3 Å². The van der Waals surface area contributed by atoms with Crippen LogP contribution in [-0.2, 0) is 11.2 Å². The first-order chi connectivity index (χ1) is 9.17. The standard InChI is InChI=1S/C15H20N2OS/c1-3-17(10-11(2)9-16)15(18)13-5-4-6-14-12(13)7-8-19-14/h7-8,11,13H,3-6,10H2,1-2H3. The average molecular weight is 276 g/mol. The Morgan fingerprint density at radius 1 is 1.68 bits per heavy atom. The lowest BCUT2D eigenvalue weighted by atomic mass is 9.86. The largest absolute Gasteiger partial charge is 0.341 e. The number of hydrogen-bond acceptors (Lipinski definition) is 3. The van der Waals surface area contributed by atoms with Gasteiger partial charge >= 0.3 is 0 Å². The Hall–Kier alpha value is -1.34. The first-order valence-corrected chi connectivity index (χ1v) is 7.80. The predicted molar refractivity (Wildman–Crippen MR) is 77.0 cm³/mol. The molecule has 0 N–H and O–H groups in total. The fraction of sp³-hybridized carbons (Fsp3) is 0.600. The van der Waals surface area contributed by atoms with Crippen molar-refractivity contribution in [3.05, 3.63) is 21.9 Å². The number of nitriles is 1. The first-order valence-electron chi connectivity index (χ1n) is 6.92. The van der Waals surface area contributed by atoms with Crippen LogP contribution in [0.25, 0.3) is 0 Å². The number of amides is 1. The van der Waals surface area contributed by atoms with Gasteiger partial charge in [0.05, 0.1) is 17.9 Å². The Morgan fingerprint density at radius 2 is 2.47 bits per heavy atom. The second kappa shape index (κ2) is 6.21. The number of rotatable bonds is 4. The molecular weight excluding hydrogens is 256 g/mol. The Kier molecular flexibility index (Phi) is 4.60. The van der Waals surface area contributed by atoms with Gasteiger partial charge in [-0.3, -0.25) is 4.79 Å². The highest BCUT2D eigenvalue weighted by Crippen LogP contribution is 2.36. The summed E-state index contributed by atoms with van der Waals surface area (Å²) in [5, 5.41) is 11.0. The molecule has 1 aromatic rings. The van der Waals surface area contributed by atoms with E-state index in [1.165, 1.54) is 10.4 Å². The van der Waals surface area contributed by atoms with Crippen molar-refractivity contribution in [2.45, 2.75) is 39.0 Å². The van der Waals surface area contributed by atoms with E-state index < -0.39 is 0 Å². The lowest BCUT2D eigenvalue weighted by Gasteiger charge is -2.29. The maximum Gasteiger partial charge on any atom is 0.230 e. The average Bonchev–Trinajstić information content (AvgIpc) is 2.91. The maximum absolute atomic E-state index is 12.7. The number of aryl methyl sites for hydroxylation is 1. The molecule has 102 valence electrons. The van der Waals surface area contributed by atoms with Crippen molar-refractivity contribution in [3.63, 3.8) is 0 Å². The van der Waals surface area contributed by atoms with Crippen molar-refractivity contribution in [2.24, 2.45) is 5.92 Å². The van der Waals surface area contributed by atoms with Crippen LogP contribution in [0, 0.1) is 17.2 Å². The smallest absolute Gasteiger partial charge is 0.230 e. The lowest BCUT2D eigenvalue weighted by molar-refractivity contribution is -0.133. The monoisotopic (exact) mass is 276 g/mol. The van der Waals surface area contributed by atoms with Crippen molar-refractivity contribution in [2.75, 3.05) is 13.1 Å².